The molecule has 1 amide bonds. The molecule has 122 valence electrons. The standard InChI is InChI=1S/C18H18N4OS/c1-12-7-8-17(24-12)14-11-15(21-20-14)18(23)22-10-4-6-16(22)13-5-2-3-9-19-13/h2-3,5,7-9,11,16H,4,6,10H2,1H3,(H,20,21)/t16-/m0/s1. The van der Waals surface area contributed by atoms with Crippen LogP contribution in [0.3, 0.4) is 0 Å². The van der Waals surface area contributed by atoms with Gasteiger partial charge in [0.25, 0.3) is 5.91 Å². The van der Waals surface area contributed by atoms with Crippen LogP contribution in [0.15, 0.2) is 42.6 Å². The van der Waals surface area contributed by atoms with E-state index in [0.29, 0.717) is 5.69 Å². The smallest absolute Gasteiger partial charge is 0.274 e. The zero-order valence-electron chi connectivity index (χ0n) is 13.4. The van der Waals surface area contributed by atoms with E-state index in [1.54, 1.807) is 17.5 Å². The van der Waals surface area contributed by atoms with Gasteiger partial charge in [-0.1, -0.05) is 6.07 Å². The van der Waals surface area contributed by atoms with Gasteiger partial charge in [0.2, 0.25) is 0 Å². The fraction of sp³-hybridized carbons (Fsp3) is 0.278. The molecule has 4 rings (SSSR count). The van der Waals surface area contributed by atoms with Crippen LogP contribution in [0.4, 0.5) is 0 Å². The number of aromatic amines is 1. The normalized spacial score (nSPS) is 17.4. The number of nitrogens with zero attached hydrogens (tertiary/aromatic N) is 3. The molecule has 1 aliphatic rings. The van der Waals surface area contributed by atoms with Crippen LogP contribution in [0.5, 0.6) is 0 Å². The van der Waals surface area contributed by atoms with Gasteiger partial charge in [-0.3, -0.25) is 14.9 Å². The van der Waals surface area contributed by atoms with Crippen LogP contribution in [0.25, 0.3) is 10.6 Å². The molecule has 0 aromatic carbocycles. The molecule has 1 atom stereocenters. The van der Waals surface area contributed by atoms with Crippen molar-refractivity contribution in [2.45, 2.75) is 25.8 Å². The fourth-order valence-corrected chi connectivity index (χ4v) is 4.01. The summed E-state index contributed by atoms with van der Waals surface area (Å²) in [6.45, 7) is 2.82. The lowest BCUT2D eigenvalue weighted by atomic mass is 10.1. The molecule has 0 bridgehead atoms. The monoisotopic (exact) mass is 338 g/mol. The maximum absolute atomic E-state index is 12.9. The number of amides is 1. The summed E-state index contributed by atoms with van der Waals surface area (Å²) in [7, 11) is 0. The van der Waals surface area contributed by atoms with Crippen LogP contribution in [0.2, 0.25) is 0 Å². The lowest BCUT2D eigenvalue weighted by molar-refractivity contribution is 0.0727. The zero-order valence-corrected chi connectivity index (χ0v) is 14.2. The molecule has 0 aliphatic carbocycles. The molecule has 1 fully saturated rings. The van der Waals surface area contributed by atoms with E-state index in [-0.39, 0.29) is 11.9 Å². The van der Waals surface area contributed by atoms with Crippen molar-refractivity contribution in [3.8, 4) is 10.6 Å². The molecular weight excluding hydrogens is 320 g/mol. The summed E-state index contributed by atoms with van der Waals surface area (Å²) in [5.41, 5.74) is 2.32. The minimum atomic E-state index is -0.0288. The second-order valence-electron chi connectivity index (χ2n) is 5.99. The predicted octanol–water partition coefficient (Wildman–Crippen LogP) is 3.82. The minimum absolute atomic E-state index is 0.0288. The zero-order chi connectivity index (χ0) is 16.5. The van der Waals surface area contributed by atoms with Crippen LogP contribution in [-0.2, 0) is 0 Å². The SMILES string of the molecule is Cc1ccc(-c2cc(C(=O)N3CCC[C@H]3c3ccccn3)n[nH]2)s1. The number of pyridine rings is 1. The van der Waals surface area contributed by atoms with Gasteiger partial charge in [-0.15, -0.1) is 11.3 Å². The number of carbonyl (C=O) groups excluding carboxylic acids is 1. The van der Waals surface area contributed by atoms with Crippen LogP contribution in [-0.4, -0.2) is 32.5 Å². The molecule has 6 heteroatoms. The molecule has 1 aliphatic heterocycles. The Morgan fingerprint density at radius 2 is 2.25 bits per heavy atom. The van der Waals surface area contributed by atoms with Gasteiger partial charge in [0, 0.05) is 17.6 Å². The Kier molecular flexibility index (Phi) is 3.90. The van der Waals surface area contributed by atoms with Crippen LogP contribution >= 0.6 is 11.3 Å². The van der Waals surface area contributed by atoms with E-state index in [0.717, 1.165) is 35.7 Å². The Bertz CT molecular complexity index is 855. The highest BCUT2D eigenvalue weighted by Crippen LogP contribution is 2.32. The Labute approximate surface area is 144 Å². The highest BCUT2D eigenvalue weighted by Gasteiger charge is 2.32. The van der Waals surface area contributed by atoms with Crippen LogP contribution in [0.1, 0.15) is 39.9 Å². The molecule has 4 heterocycles. The third kappa shape index (κ3) is 2.73. The van der Waals surface area contributed by atoms with Crippen molar-refractivity contribution in [1.29, 1.82) is 0 Å². The van der Waals surface area contributed by atoms with Gasteiger partial charge in [-0.2, -0.15) is 5.10 Å². The largest absolute Gasteiger partial charge is 0.329 e. The number of carbonyl (C=O) groups is 1. The van der Waals surface area contributed by atoms with Gasteiger partial charge in [0.1, 0.15) is 0 Å². The topological polar surface area (TPSA) is 61.9 Å². The summed E-state index contributed by atoms with van der Waals surface area (Å²) in [5.74, 6) is -0.0288. The van der Waals surface area contributed by atoms with Gasteiger partial charge >= 0.3 is 0 Å². The van der Waals surface area contributed by atoms with Gasteiger partial charge < -0.3 is 4.90 Å². The Hall–Kier alpha value is -2.47. The number of thiophene rings is 1. The number of H-pyrrole nitrogens is 1. The van der Waals surface area contributed by atoms with Crippen molar-refractivity contribution in [2.24, 2.45) is 0 Å². The van der Waals surface area contributed by atoms with Crippen molar-refractivity contribution < 1.29 is 4.79 Å². The summed E-state index contributed by atoms with van der Waals surface area (Å²) in [6.07, 6.45) is 3.72. The van der Waals surface area contributed by atoms with E-state index < -0.39 is 0 Å². The second kappa shape index (κ2) is 6.20. The summed E-state index contributed by atoms with van der Waals surface area (Å²) in [5, 5.41) is 7.24. The van der Waals surface area contributed by atoms with Gasteiger partial charge in [-0.25, -0.2) is 0 Å². The first kappa shape index (κ1) is 15.1. The van der Waals surface area contributed by atoms with E-state index in [9.17, 15) is 4.79 Å². The fourth-order valence-electron chi connectivity index (χ4n) is 3.17. The molecule has 3 aromatic rings. The number of likely N-dealkylation sites (tertiary alicyclic amines) is 1. The first-order chi connectivity index (χ1) is 11.7. The van der Waals surface area contributed by atoms with Crippen LogP contribution < -0.4 is 0 Å². The molecule has 0 radical (unpaired) electrons. The lowest BCUT2D eigenvalue weighted by Gasteiger charge is -2.23. The number of hydrogen-bond donors (Lipinski definition) is 1. The number of aromatic nitrogens is 3. The highest BCUT2D eigenvalue weighted by atomic mass is 32.1. The highest BCUT2D eigenvalue weighted by molar-refractivity contribution is 7.15. The van der Waals surface area contributed by atoms with Gasteiger partial charge in [0.15, 0.2) is 5.69 Å². The van der Waals surface area contributed by atoms with E-state index in [2.05, 4.69) is 28.2 Å². The molecule has 0 unspecified atom stereocenters. The first-order valence-electron chi connectivity index (χ1n) is 8.06. The molecular formula is C18H18N4OS. The first-order valence-corrected chi connectivity index (χ1v) is 8.88. The summed E-state index contributed by atoms with van der Waals surface area (Å²) in [6, 6.07) is 11.9. The quantitative estimate of drug-likeness (QED) is 0.790. The third-order valence-corrected chi connectivity index (χ3v) is 5.38. The average molecular weight is 338 g/mol. The predicted molar refractivity (Wildman–Crippen MR) is 93.9 cm³/mol. The van der Waals surface area contributed by atoms with E-state index in [1.807, 2.05) is 35.2 Å². The number of aryl methyl sites for hydroxylation is 1. The van der Waals surface area contributed by atoms with E-state index in [4.69, 9.17) is 0 Å². The van der Waals surface area contributed by atoms with E-state index in [1.165, 1.54) is 4.88 Å². The molecule has 0 saturated carbocycles. The number of nitrogens with one attached hydrogen (secondary N) is 1. The minimum Gasteiger partial charge on any atom is -0.329 e. The second-order valence-corrected chi connectivity index (χ2v) is 7.28. The molecule has 24 heavy (non-hydrogen) atoms. The molecule has 3 aromatic heterocycles. The van der Waals surface area contributed by atoms with Crippen LogP contribution in [0, 0.1) is 6.92 Å². The third-order valence-electron chi connectivity index (χ3n) is 4.35. The number of rotatable bonds is 3. The molecule has 0 spiro atoms. The molecule has 1 saturated heterocycles. The van der Waals surface area contributed by atoms with E-state index >= 15 is 0 Å². The average Bonchev–Trinajstić information content (AvgIpc) is 3.35. The number of hydrogen-bond acceptors (Lipinski definition) is 4. The van der Waals surface area contributed by atoms with Crippen molar-refractivity contribution in [2.75, 3.05) is 6.54 Å². The molecule has 5 nitrogen and oxygen atoms in total. The van der Waals surface area contributed by atoms with Crippen molar-refractivity contribution in [1.82, 2.24) is 20.1 Å². The molecule has 1 N–H and O–H groups in total. The maximum atomic E-state index is 12.9. The Morgan fingerprint density at radius 1 is 1.33 bits per heavy atom. The lowest BCUT2D eigenvalue weighted by Crippen LogP contribution is -2.31. The van der Waals surface area contributed by atoms with Gasteiger partial charge in [-0.05, 0) is 50.1 Å². The van der Waals surface area contributed by atoms with Crippen molar-refractivity contribution in [3.05, 3.63) is 58.9 Å². The Morgan fingerprint density at radius 3 is 3.00 bits per heavy atom. The summed E-state index contributed by atoms with van der Waals surface area (Å²) >= 11 is 1.69. The maximum Gasteiger partial charge on any atom is 0.274 e. The van der Waals surface area contributed by atoms with Crippen molar-refractivity contribution in [3.63, 3.8) is 0 Å². The summed E-state index contributed by atoms with van der Waals surface area (Å²) < 4.78 is 0. The summed E-state index contributed by atoms with van der Waals surface area (Å²) in [4.78, 5) is 21.5. The Balaban J connectivity index is 1.58. The van der Waals surface area contributed by atoms with Gasteiger partial charge in [0.05, 0.1) is 22.3 Å². The van der Waals surface area contributed by atoms with Crippen molar-refractivity contribution >= 4 is 17.2 Å².